The van der Waals surface area contributed by atoms with Crippen LogP contribution in [0.25, 0.3) is 0 Å². The number of anilines is 2. The van der Waals surface area contributed by atoms with E-state index in [1.54, 1.807) is 12.1 Å². The van der Waals surface area contributed by atoms with Crippen molar-refractivity contribution >= 4 is 23.3 Å². The molecule has 5 N–H and O–H groups in total. The van der Waals surface area contributed by atoms with Crippen LogP contribution in [0.4, 0.5) is 11.4 Å². The average molecular weight is 237 g/mol. The first-order valence-corrected chi connectivity index (χ1v) is 5.04. The molecule has 1 rings (SSSR count). The highest BCUT2D eigenvalue weighted by atomic mass is 16.5. The Morgan fingerprint density at radius 1 is 1.41 bits per heavy atom. The predicted molar refractivity (Wildman–Crippen MR) is 64.5 cm³/mol. The van der Waals surface area contributed by atoms with E-state index in [1.807, 2.05) is 0 Å². The molecule has 1 amide bonds. The highest BCUT2D eigenvalue weighted by Gasteiger charge is 2.11. The van der Waals surface area contributed by atoms with E-state index in [9.17, 15) is 9.59 Å². The second-order valence-corrected chi connectivity index (χ2v) is 3.44. The molecule has 0 unspecified atom stereocenters. The summed E-state index contributed by atoms with van der Waals surface area (Å²) in [5.41, 5.74) is 12.0. The largest absolute Gasteiger partial charge is 0.465 e. The van der Waals surface area contributed by atoms with Crippen LogP contribution >= 0.6 is 0 Å². The summed E-state index contributed by atoms with van der Waals surface area (Å²) in [6.45, 7) is 0.350. The molecule has 6 heteroatoms. The first-order valence-electron chi connectivity index (χ1n) is 5.04. The topological polar surface area (TPSA) is 107 Å². The first kappa shape index (κ1) is 12.8. The summed E-state index contributed by atoms with van der Waals surface area (Å²) in [5.74, 6) is -0.897. The van der Waals surface area contributed by atoms with E-state index >= 15 is 0 Å². The number of primary amides is 1. The van der Waals surface area contributed by atoms with Crippen LogP contribution in [0.5, 0.6) is 0 Å². The smallest absolute Gasteiger partial charge is 0.340 e. The number of nitrogen functional groups attached to an aromatic ring is 1. The molecular weight excluding hydrogens is 222 g/mol. The maximum Gasteiger partial charge on any atom is 0.340 e. The van der Waals surface area contributed by atoms with Gasteiger partial charge in [0.1, 0.15) is 0 Å². The number of hydrogen-bond acceptors (Lipinski definition) is 5. The summed E-state index contributed by atoms with van der Waals surface area (Å²) in [6.07, 6.45) is 0.186. The Kier molecular flexibility index (Phi) is 4.33. The monoisotopic (exact) mass is 237 g/mol. The molecular formula is C11H15N3O3. The molecule has 0 radical (unpaired) electrons. The van der Waals surface area contributed by atoms with Crippen molar-refractivity contribution in [2.75, 3.05) is 24.7 Å². The van der Waals surface area contributed by atoms with Crippen molar-refractivity contribution in [2.24, 2.45) is 5.73 Å². The molecule has 0 fully saturated rings. The summed E-state index contributed by atoms with van der Waals surface area (Å²) >= 11 is 0. The number of amides is 1. The first-order chi connectivity index (χ1) is 8.04. The molecule has 1 aromatic carbocycles. The van der Waals surface area contributed by atoms with E-state index in [2.05, 4.69) is 10.1 Å². The molecule has 0 heterocycles. The van der Waals surface area contributed by atoms with Crippen molar-refractivity contribution in [2.45, 2.75) is 6.42 Å². The van der Waals surface area contributed by atoms with Crippen LogP contribution in [-0.2, 0) is 9.53 Å². The Labute approximate surface area is 98.9 Å². The fourth-order valence-corrected chi connectivity index (χ4v) is 1.32. The van der Waals surface area contributed by atoms with Crippen molar-refractivity contribution in [1.29, 1.82) is 0 Å². The number of carbonyl (C=O) groups excluding carboxylic acids is 2. The second kappa shape index (κ2) is 5.74. The van der Waals surface area contributed by atoms with E-state index in [4.69, 9.17) is 11.5 Å². The van der Waals surface area contributed by atoms with Crippen LogP contribution < -0.4 is 16.8 Å². The molecule has 0 saturated heterocycles. The molecule has 0 aromatic heterocycles. The fourth-order valence-electron chi connectivity index (χ4n) is 1.32. The summed E-state index contributed by atoms with van der Waals surface area (Å²) in [6, 6.07) is 4.82. The molecule has 0 aliphatic rings. The third-order valence-corrected chi connectivity index (χ3v) is 2.14. The van der Waals surface area contributed by atoms with Crippen LogP contribution in [-0.4, -0.2) is 25.5 Å². The molecule has 6 nitrogen and oxygen atoms in total. The van der Waals surface area contributed by atoms with E-state index in [0.29, 0.717) is 23.5 Å². The predicted octanol–water partition coefficient (Wildman–Crippen LogP) is 0.343. The van der Waals surface area contributed by atoms with Gasteiger partial charge in [0.2, 0.25) is 5.91 Å². The Morgan fingerprint density at radius 3 is 2.71 bits per heavy atom. The second-order valence-electron chi connectivity index (χ2n) is 3.44. The summed E-state index contributed by atoms with van der Waals surface area (Å²) in [4.78, 5) is 22.1. The van der Waals surface area contributed by atoms with Crippen LogP contribution in [0.2, 0.25) is 0 Å². The van der Waals surface area contributed by atoms with E-state index < -0.39 is 11.9 Å². The third kappa shape index (κ3) is 3.67. The number of nitrogens with one attached hydrogen (secondary N) is 1. The Bertz CT molecular complexity index is 432. The van der Waals surface area contributed by atoms with Gasteiger partial charge in [-0.3, -0.25) is 4.79 Å². The molecule has 1 aromatic rings. The maximum atomic E-state index is 11.5. The van der Waals surface area contributed by atoms with E-state index in [1.165, 1.54) is 13.2 Å². The number of benzene rings is 1. The van der Waals surface area contributed by atoms with Gasteiger partial charge >= 0.3 is 5.97 Å². The summed E-state index contributed by atoms with van der Waals surface area (Å²) in [7, 11) is 1.29. The zero-order chi connectivity index (χ0) is 12.8. The fraction of sp³-hybridized carbons (Fsp3) is 0.273. The summed E-state index contributed by atoms with van der Waals surface area (Å²) in [5, 5.41) is 2.93. The lowest BCUT2D eigenvalue weighted by Gasteiger charge is -2.10. The molecule has 0 spiro atoms. The Balaban J connectivity index is 2.83. The molecule has 0 atom stereocenters. The van der Waals surface area contributed by atoms with Gasteiger partial charge in [-0.2, -0.15) is 0 Å². The standard InChI is InChI=1S/C11H15N3O3/c1-17-11(16)8-6-7(12)2-3-9(8)14-5-4-10(13)15/h2-3,6,14H,4-5,12H2,1H3,(H2,13,15). The zero-order valence-corrected chi connectivity index (χ0v) is 9.53. The van der Waals surface area contributed by atoms with Gasteiger partial charge in [0.05, 0.1) is 12.7 Å². The quantitative estimate of drug-likeness (QED) is 0.505. The number of esters is 1. The number of methoxy groups -OCH3 is 1. The number of rotatable bonds is 5. The van der Waals surface area contributed by atoms with Crippen LogP contribution in [0.1, 0.15) is 16.8 Å². The van der Waals surface area contributed by atoms with Gasteiger partial charge in [0.25, 0.3) is 0 Å². The lowest BCUT2D eigenvalue weighted by atomic mass is 10.1. The van der Waals surface area contributed by atoms with Crippen molar-refractivity contribution in [3.05, 3.63) is 23.8 Å². The lowest BCUT2D eigenvalue weighted by molar-refractivity contribution is -0.117. The minimum Gasteiger partial charge on any atom is -0.465 e. The van der Waals surface area contributed by atoms with Gasteiger partial charge in [0.15, 0.2) is 0 Å². The van der Waals surface area contributed by atoms with Gasteiger partial charge in [-0.05, 0) is 18.2 Å². The maximum absolute atomic E-state index is 11.5. The average Bonchev–Trinajstić information content (AvgIpc) is 2.29. The van der Waals surface area contributed by atoms with Gasteiger partial charge in [-0.25, -0.2) is 4.79 Å². The van der Waals surface area contributed by atoms with Crippen molar-refractivity contribution in [1.82, 2.24) is 0 Å². The summed E-state index contributed by atoms with van der Waals surface area (Å²) < 4.78 is 4.63. The Hall–Kier alpha value is -2.24. The van der Waals surface area contributed by atoms with Crippen LogP contribution in [0.3, 0.4) is 0 Å². The van der Waals surface area contributed by atoms with E-state index in [-0.39, 0.29) is 6.42 Å². The molecule has 0 aliphatic heterocycles. The number of nitrogens with two attached hydrogens (primary N) is 2. The number of carbonyl (C=O) groups is 2. The SMILES string of the molecule is COC(=O)c1cc(N)ccc1NCCC(N)=O. The van der Waals surface area contributed by atoms with Crippen molar-refractivity contribution in [3.63, 3.8) is 0 Å². The zero-order valence-electron chi connectivity index (χ0n) is 9.53. The molecule has 0 bridgehead atoms. The third-order valence-electron chi connectivity index (χ3n) is 2.14. The number of hydrogen-bond donors (Lipinski definition) is 3. The minimum atomic E-state index is -0.487. The van der Waals surface area contributed by atoms with Crippen LogP contribution in [0, 0.1) is 0 Å². The highest BCUT2D eigenvalue weighted by Crippen LogP contribution is 2.19. The minimum absolute atomic E-state index is 0.186. The van der Waals surface area contributed by atoms with Gasteiger partial charge < -0.3 is 21.5 Å². The van der Waals surface area contributed by atoms with Crippen LogP contribution in [0.15, 0.2) is 18.2 Å². The Morgan fingerprint density at radius 2 is 2.12 bits per heavy atom. The van der Waals surface area contributed by atoms with Gasteiger partial charge in [-0.1, -0.05) is 0 Å². The molecule has 92 valence electrons. The van der Waals surface area contributed by atoms with Crippen molar-refractivity contribution < 1.29 is 14.3 Å². The molecule has 17 heavy (non-hydrogen) atoms. The molecule has 0 aliphatic carbocycles. The molecule has 0 saturated carbocycles. The van der Waals surface area contributed by atoms with Crippen molar-refractivity contribution in [3.8, 4) is 0 Å². The van der Waals surface area contributed by atoms with Gasteiger partial charge in [0, 0.05) is 24.3 Å². The highest BCUT2D eigenvalue weighted by molar-refractivity contribution is 5.96. The number of ether oxygens (including phenoxy) is 1. The normalized spacial score (nSPS) is 9.71. The lowest BCUT2D eigenvalue weighted by Crippen LogP contribution is -2.17. The van der Waals surface area contributed by atoms with E-state index in [0.717, 1.165) is 0 Å². The van der Waals surface area contributed by atoms with Gasteiger partial charge in [-0.15, -0.1) is 0 Å².